The molecule has 1 amide bonds. The van der Waals surface area contributed by atoms with E-state index in [2.05, 4.69) is 22.3 Å². The molecule has 3 rings (SSSR count). The van der Waals surface area contributed by atoms with Gasteiger partial charge in [-0.25, -0.2) is 4.52 Å². The molecule has 0 aliphatic heterocycles. The third kappa shape index (κ3) is 2.70. The molecule has 2 atom stereocenters. The number of amides is 1. The largest absolute Gasteiger partial charge is 0.348 e. The van der Waals surface area contributed by atoms with Gasteiger partial charge in [0, 0.05) is 24.0 Å². The van der Waals surface area contributed by atoms with Crippen LogP contribution >= 0.6 is 0 Å². The van der Waals surface area contributed by atoms with Gasteiger partial charge >= 0.3 is 0 Å². The molecular weight excluding hydrogens is 268 g/mol. The van der Waals surface area contributed by atoms with Gasteiger partial charge in [-0.2, -0.15) is 5.10 Å². The van der Waals surface area contributed by atoms with E-state index >= 15 is 0 Å². The summed E-state index contributed by atoms with van der Waals surface area (Å²) in [4.78, 5) is 26.9. The molecule has 6 nitrogen and oxygen atoms in total. The van der Waals surface area contributed by atoms with E-state index in [-0.39, 0.29) is 17.5 Å². The minimum absolute atomic E-state index is 0.200. The molecule has 2 unspecified atom stereocenters. The van der Waals surface area contributed by atoms with Gasteiger partial charge in [0.05, 0.1) is 0 Å². The number of nitrogens with zero attached hydrogens (tertiary/aromatic N) is 2. The molecule has 6 heteroatoms. The highest BCUT2D eigenvalue weighted by atomic mass is 16.2. The smallest absolute Gasteiger partial charge is 0.274 e. The Morgan fingerprint density at radius 1 is 1.43 bits per heavy atom. The molecule has 0 bridgehead atoms. The van der Waals surface area contributed by atoms with Crippen molar-refractivity contribution < 1.29 is 4.79 Å². The standard InChI is InChI=1S/C15H20N4O2/c1-9-5-3-4-6-11(9)17-14(20)12-7-13-15(21)16-10(2)8-19(13)18-12/h7-9,11H,3-6H2,1-2H3,(H,16,21)(H,17,20). The lowest BCUT2D eigenvalue weighted by atomic mass is 9.86. The number of rotatable bonds is 2. The zero-order chi connectivity index (χ0) is 15.0. The number of aromatic nitrogens is 3. The molecule has 112 valence electrons. The molecule has 21 heavy (non-hydrogen) atoms. The lowest BCUT2D eigenvalue weighted by molar-refractivity contribution is 0.0905. The fourth-order valence-corrected chi connectivity index (χ4v) is 3.01. The number of carbonyl (C=O) groups excluding carboxylic acids is 1. The number of aryl methyl sites for hydroxylation is 1. The van der Waals surface area contributed by atoms with Crippen LogP contribution in [0.4, 0.5) is 0 Å². The number of hydrogen-bond donors (Lipinski definition) is 2. The predicted molar refractivity (Wildman–Crippen MR) is 79.4 cm³/mol. The SMILES string of the molecule is Cc1cn2nc(C(=O)NC3CCCCC3C)cc2c(=O)[nH]1. The third-order valence-electron chi connectivity index (χ3n) is 4.26. The Labute approximate surface area is 122 Å². The van der Waals surface area contributed by atoms with Crippen molar-refractivity contribution in [2.75, 3.05) is 0 Å². The summed E-state index contributed by atoms with van der Waals surface area (Å²) in [5.41, 5.74) is 1.17. The van der Waals surface area contributed by atoms with Crippen molar-refractivity contribution in [2.45, 2.75) is 45.6 Å². The van der Waals surface area contributed by atoms with Gasteiger partial charge in [0.25, 0.3) is 11.5 Å². The first kappa shape index (κ1) is 13.9. The van der Waals surface area contributed by atoms with Crippen molar-refractivity contribution in [1.82, 2.24) is 19.9 Å². The summed E-state index contributed by atoms with van der Waals surface area (Å²) in [5, 5.41) is 7.26. The molecular formula is C15H20N4O2. The van der Waals surface area contributed by atoms with Gasteiger partial charge in [0.15, 0.2) is 5.69 Å². The molecule has 1 fully saturated rings. The summed E-state index contributed by atoms with van der Waals surface area (Å²) in [5.74, 6) is 0.292. The zero-order valence-electron chi connectivity index (χ0n) is 12.3. The zero-order valence-corrected chi connectivity index (χ0v) is 12.3. The Morgan fingerprint density at radius 2 is 2.19 bits per heavy atom. The van der Waals surface area contributed by atoms with E-state index < -0.39 is 0 Å². The van der Waals surface area contributed by atoms with E-state index in [0.29, 0.717) is 22.8 Å². The molecule has 2 aromatic heterocycles. The van der Waals surface area contributed by atoms with E-state index in [1.165, 1.54) is 10.9 Å². The third-order valence-corrected chi connectivity index (χ3v) is 4.26. The molecule has 0 radical (unpaired) electrons. The maximum absolute atomic E-state index is 12.3. The molecule has 2 heterocycles. The van der Waals surface area contributed by atoms with Crippen LogP contribution in [0.25, 0.3) is 5.52 Å². The van der Waals surface area contributed by atoms with Crippen LogP contribution < -0.4 is 10.9 Å². The van der Waals surface area contributed by atoms with Crippen molar-refractivity contribution in [1.29, 1.82) is 0 Å². The van der Waals surface area contributed by atoms with Gasteiger partial charge in [-0.15, -0.1) is 0 Å². The maximum atomic E-state index is 12.3. The second-order valence-electron chi connectivity index (χ2n) is 5.97. The molecule has 0 aromatic carbocycles. The van der Waals surface area contributed by atoms with Crippen LogP contribution in [0, 0.1) is 12.8 Å². The van der Waals surface area contributed by atoms with Gasteiger partial charge in [0.2, 0.25) is 0 Å². The first-order valence-electron chi connectivity index (χ1n) is 7.45. The van der Waals surface area contributed by atoms with Crippen molar-refractivity contribution in [3.63, 3.8) is 0 Å². The Morgan fingerprint density at radius 3 is 2.95 bits per heavy atom. The van der Waals surface area contributed by atoms with Crippen molar-refractivity contribution in [3.05, 3.63) is 34.0 Å². The van der Waals surface area contributed by atoms with E-state index in [4.69, 9.17) is 0 Å². The highest BCUT2D eigenvalue weighted by Crippen LogP contribution is 2.23. The summed E-state index contributed by atoms with van der Waals surface area (Å²) in [6, 6.07) is 1.75. The summed E-state index contributed by atoms with van der Waals surface area (Å²) >= 11 is 0. The van der Waals surface area contributed by atoms with Crippen LogP contribution in [0.1, 0.15) is 48.8 Å². The van der Waals surface area contributed by atoms with E-state index in [1.807, 2.05) is 0 Å². The fourth-order valence-electron chi connectivity index (χ4n) is 3.01. The topological polar surface area (TPSA) is 79.3 Å². The Hall–Kier alpha value is -2.11. The van der Waals surface area contributed by atoms with Gasteiger partial charge in [-0.05, 0) is 25.7 Å². The first-order chi connectivity index (χ1) is 10.0. The van der Waals surface area contributed by atoms with Crippen LogP contribution in [0.3, 0.4) is 0 Å². The van der Waals surface area contributed by atoms with E-state index in [9.17, 15) is 9.59 Å². The second kappa shape index (κ2) is 5.35. The van der Waals surface area contributed by atoms with E-state index in [1.54, 1.807) is 19.2 Å². The lowest BCUT2D eigenvalue weighted by Crippen LogP contribution is -2.41. The summed E-state index contributed by atoms with van der Waals surface area (Å²) in [7, 11) is 0. The average molecular weight is 288 g/mol. The Bertz CT molecular complexity index is 731. The number of nitrogens with one attached hydrogen (secondary N) is 2. The fraction of sp³-hybridized carbons (Fsp3) is 0.533. The highest BCUT2D eigenvalue weighted by Gasteiger charge is 2.24. The van der Waals surface area contributed by atoms with Crippen LogP contribution in [-0.4, -0.2) is 26.5 Å². The Kier molecular flexibility index (Phi) is 3.53. The number of fused-ring (bicyclic) bond motifs is 1. The minimum Gasteiger partial charge on any atom is -0.348 e. The van der Waals surface area contributed by atoms with Crippen LogP contribution in [-0.2, 0) is 0 Å². The first-order valence-corrected chi connectivity index (χ1v) is 7.45. The molecule has 0 spiro atoms. The monoisotopic (exact) mass is 288 g/mol. The average Bonchev–Trinajstić information content (AvgIpc) is 2.85. The molecule has 0 saturated heterocycles. The van der Waals surface area contributed by atoms with Crippen LogP contribution in [0.15, 0.2) is 17.1 Å². The number of hydrogen-bond acceptors (Lipinski definition) is 3. The normalized spacial score (nSPS) is 22.4. The van der Waals surface area contributed by atoms with Crippen molar-refractivity contribution >= 4 is 11.4 Å². The molecule has 2 N–H and O–H groups in total. The highest BCUT2D eigenvalue weighted by molar-refractivity contribution is 5.93. The molecule has 2 aromatic rings. The van der Waals surface area contributed by atoms with Gasteiger partial charge in [-0.1, -0.05) is 19.8 Å². The van der Waals surface area contributed by atoms with Gasteiger partial charge in [-0.3, -0.25) is 9.59 Å². The van der Waals surface area contributed by atoms with E-state index in [0.717, 1.165) is 19.3 Å². The number of H-pyrrole nitrogens is 1. The van der Waals surface area contributed by atoms with Crippen molar-refractivity contribution in [2.24, 2.45) is 5.92 Å². The van der Waals surface area contributed by atoms with Crippen LogP contribution in [0.5, 0.6) is 0 Å². The van der Waals surface area contributed by atoms with Gasteiger partial charge in [0.1, 0.15) is 5.52 Å². The quantitative estimate of drug-likeness (QED) is 0.881. The molecule has 1 aliphatic carbocycles. The summed E-state index contributed by atoms with van der Waals surface area (Å²) in [6.45, 7) is 3.95. The predicted octanol–water partition coefficient (Wildman–Crippen LogP) is 1.64. The van der Waals surface area contributed by atoms with Crippen LogP contribution in [0.2, 0.25) is 0 Å². The Balaban J connectivity index is 1.84. The second-order valence-corrected chi connectivity index (χ2v) is 5.97. The van der Waals surface area contributed by atoms with Gasteiger partial charge < -0.3 is 10.3 Å². The summed E-state index contributed by atoms with van der Waals surface area (Å²) < 4.78 is 1.47. The number of carbonyl (C=O) groups is 1. The molecule has 1 saturated carbocycles. The van der Waals surface area contributed by atoms with Crippen molar-refractivity contribution in [3.8, 4) is 0 Å². The molecule has 1 aliphatic rings. The summed E-state index contributed by atoms with van der Waals surface area (Å²) in [6.07, 6.45) is 6.25. The maximum Gasteiger partial charge on any atom is 0.274 e. The minimum atomic E-state index is -0.229. The lowest BCUT2D eigenvalue weighted by Gasteiger charge is -2.29. The number of aromatic amines is 1.